The van der Waals surface area contributed by atoms with Crippen LogP contribution >= 0.6 is 0 Å². The number of nitrogens with one attached hydrogen (secondary N) is 1. The smallest absolute Gasteiger partial charge is 0.0794 e. The maximum atomic E-state index is 9.91. The van der Waals surface area contributed by atoms with E-state index in [0.29, 0.717) is 13.2 Å². The molecule has 1 unspecified atom stereocenters. The van der Waals surface area contributed by atoms with Gasteiger partial charge in [-0.05, 0) is 19.9 Å². The van der Waals surface area contributed by atoms with Gasteiger partial charge in [0.15, 0.2) is 0 Å². The lowest BCUT2D eigenvalue weighted by molar-refractivity contribution is 0.0207. The number of hydrogen-bond acceptors (Lipinski definition) is 3. The van der Waals surface area contributed by atoms with Gasteiger partial charge >= 0.3 is 0 Å². The topological polar surface area (TPSA) is 41.5 Å². The van der Waals surface area contributed by atoms with E-state index in [0.717, 1.165) is 25.9 Å². The summed E-state index contributed by atoms with van der Waals surface area (Å²) in [5.74, 6) is 0. The fourth-order valence-corrected chi connectivity index (χ4v) is 1.50. The Morgan fingerprint density at radius 1 is 1.45 bits per heavy atom. The molecule has 3 nitrogen and oxygen atoms in total. The van der Waals surface area contributed by atoms with E-state index in [9.17, 15) is 5.11 Å². The first-order chi connectivity index (χ1) is 5.27. The van der Waals surface area contributed by atoms with Crippen molar-refractivity contribution in [3.8, 4) is 0 Å². The average molecular weight is 159 g/mol. The second-order valence-electron chi connectivity index (χ2n) is 3.22. The Balaban J connectivity index is 2.38. The molecule has 0 radical (unpaired) electrons. The van der Waals surface area contributed by atoms with E-state index < -0.39 is 5.60 Å². The molecular formula is C8H17NO2. The van der Waals surface area contributed by atoms with Crippen molar-refractivity contribution < 1.29 is 9.84 Å². The molecule has 1 fully saturated rings. The largest absolute Gasteiger partial charge is 0.388 e. The van der Waals surface area contributed by atoms with Gasteiger partial charge in [0, 0.05) is 26.2 Å². The molecule has 1 heterocycles. The van der Waals surface area contributed by atoms with Crippen molar-refractivity contribution in [1.29, 1.82) is 0 Å². The van der Waals surface area contributed by atoms with Gasteiger partial charge in [0.1, 0.15) is 0 Å². The van der Waals surface area contributed by atoms with Crippen LogP contribution in [0, 0.1) is 0 Å². The van der Waals surface area contributed by atoms with Crippen molar-refractivity contribution >= 4 is 0 Å². The molecule has 0 aromatic rings. The van der Waals surface area contributed by atoms with Crippen molar-refractivity contribution in [1.82, 2.24) is 5.32 Å². The van der Waals surface area contributed by atoms with Gasteiger partial charge < -0.3 is 15.2 Å². The zero-order valence-corrected chi connectivity index (χ0v) is 7.10. The monoisotopic (exact) mass is 159 g/mol. The summed E-state index contributed by atoms with van der Waals surface area (Å²) < 4.78 is 5.25. The molecule has 1 saturated heterocycles. The van der Waals surface area contributed by atoms with Crippen LogP contribution in [0.25, 0.3) is 0 Å². The SMILES string of the molecule is CNCC1(O)CCCOCC1. The molecule has 0 aromatic heterocycles. The first-order valence-corrected chi connectivity index (χ1v) is 4.22. The van der Waals surface area contributed by atoms with Crippen LogP contribution in [0.3, 0.4) is 0 Å². The summed E-state index contributed by atoms with van der Waals surface area (Å²) in [6.45, 7) is 2.17. The molecule has 0 aromatic carbocycles. The number of aliphatic hydroxyl groups is 1. The molecule has 1 aliphatic rings. The van der Waals surface area contributed by atoms with Crippen molar-refractivity contribution in [2.75, 3.05) is 26.8 Å². The minimum absolute atomic E-state index is 0.523. The third-order valence-corrected chi connectivity index (χ3v) is 2.15. The summed E-state index contributed by atoms with van der Waals surface area (Å²) in [6.07, 6.45) is 2.58. The van der Waals surface area contributed by atoms with Crippen LogP contribution in [0.1, 0.15) is 19.3 Å². The highest BCUT2D eigenvalue weighted by Crippen LogP contribution is 2.19. The summed E-state index contributed by atoms with van der Waals surface area (Å²) in [4.78, 5) is 0. The van der Waals surface area contributed by atoms with Crippen LogP contribution in [-0.4, -0.2) is 37.5 Å². The molecule has 0 amide bonds. The van der Waals surface area contributed by atoms with Gasteiger partial charge in [0.05, 0.1) is 5.60 Å². The van der Waals surface area contributed by atoms with E-state index >= 15 is 0 Å². The van der Waals surface area contributed by atoms with Gasteiger partial charge in [-0.3, -0.25) is 0 Å². The van der Waals surface area contributed by atoms with Gasteiger partial charge in [-0.25, -0.2) is 0 Å². The second-order valence-corrected chi connectivity index (χ2v) is 3.22. The summed E-state index contributed by atoms with van der Waals surface area (Å²) >= 11 is 0. The molecule has 3 heteroatoms. The lowest BCUT2D eigenvalue weighted by atomic mass is 9.95. The normalized spacial score (nSPS) is 33.3. The maximum absolute atomic E-state index is 9.91. The molecule has 66 valence electrons. The molecule has 0 bridgehead atoms. The zero-order chi connectivity index (χ0) is 8.16. The van der Waals surface area contributed by atoms with Crippen molar-refractivity contribution in [3.63, 3.8) is 0 Å². The van der Waals surface area contributed by atoms with Crippen LogP contribution in [0.5, 0.6) is 0 Å². The van der Waals surface area contributed by atoms with Crippen LogP contribution in [0.2, 0.25) is 0 Å². The molecule has 2 N–H and O–H groups in total. The number of likely N-dealkylation sites (N-methyl/N-ethyl adjacent to an activating group) is 1. The Morgan fingerprint density at radius 2 is 2.27 bits per heavy atom. The van der Waals surface area contributed by atoms with Crippen molar-refractivity contribution in [2.45, 2.75) is 24.9 Å². The Kier molecular flexibility index (Phi) is 3.30. The van der Waals surface area contributed by atoms with Gasteiger partial charge in [-0.15, -0.1) is 0 Å². The maximum Gasteiger partial charge on any atom is 0.0794 e. The summed E-state index contributed by atoms with van der Waals surface area (Å²) in [5, 5.41) is 12.9. The van der Waals surface area contributed by atoms with Crippen LogP contribution < -0.4 is 5.32 Å². The molecule has 11 heavy (non-hydrogen) atoms. The summed E-state index contributed by atoms with van der Waals surface area (Å²) in [7, 11) is 1.86. The average Bonchev–Trinajstić information content (AvgIpc) is 2.15. The van der Waals surface area contributed by atoms with E-state index in [1.807, 2.05) is 7.05 Å². The molecule has 1 atom stereocenters. The van der Waals surface area contributed by atoms with E-state index in [-0.39, 0.29) is 0 Å². The summed E-state index contributed by atoms with van der Waals surface area (Å²) in [6, 6.07) is 0. The highest BCUT2D eigenvalue weighted by Gasteiger charge is 2.26. The first kappa shape index (κ1) is 8.97. The molecule has 0 aliphatic carbocycles. The first-order valence-electron chi connectivity index (χ1n) is 4.22. The fraction of sp³-hybridized carbons (Fsp3) is 1.00. The molecule has 1 rings (SSSR count). The molecule has 0 saturated carbocycles. The minimum Gasteiger partial charge on any atom is -0.388 e. The Morgan fingerprint density at radius 3 is 3.00 bits per heavy atom. The highest BCUT2D eigenvalue weighted by molar-refractivity contribution is 4.81. The quantitative estimate of drug-likeness (QED) is 0.602. The second kappa shape index (κ2) is 4.04. The van der Waals surface area contributed by atoms with Gasteiger partial charge in [-0.2, -0.15) is 0 Å². The zero-order valence-electron chi connectivity index (χ0n) is 7.10. The fourth-order valence-electron chi connectivity index (χ4n) is 1.50. The molecular weight excluding hydrogens is 142 g/mol. The Bertz CT molecular complexity index is 109. The lowest BCUT2D eigenvalue weighted by Gasteiger charge is -2.25. The number of rotatable bonds is 2. The molecule has 0 spiro atoms. The molecule has 1 aliphatic heterocycles. The summed E-state index contributed by atoms with van der Waals surface area (Å²) in [5.41, 5.74) is -0.523. The Hall–Kier alpha value is -0.120. The van der Waals surface area contributed by atoms with Gasteiger partial charge in [0.25, 0.3) is 0 Å². The third kappa shape index (κ3) is 2.77. The van der Waals surface area contributed by atoms with E-state index in [4.69, 9.17) is 4.74 Å². The lowest BCUT2D eigenvalue weighted by Crippen LogP contribution is -2.39. The third-order valence-electron chi connectivity index (χ3n) is 2.15. The number of ether oxygens (including phenoxy) is 1. The highest BCUT2D eigenvalue weighted by atomic mass is 16.5. The predicted octanol–water partition coefficient (Wildman–Crippen LogP) is 0.137. The predicted molar refractivity (Wildman–Crippen MR) is 43.5 cm³/mol. The van der Waals surface area contributed by atoms with Gasteiger partial charge in [-0.1, -0.05) is 0 Å². The van der Waals surface area contributed by atoms with Crippen LogP contribution in [-0.2, 0) is 4.74 Å². The van der Waals surface area contributed by atoms with Gasteiger partial charge in [0.2, 0.25) is 0 Å². The van der Waals surface area contributed by atoms with E-state index in [1.54, 1.807) is 0 Å². The van der Waals surface area contributed by atoms with Crippen molar-refractivity contribution in [2.24, 2.45) is 0 Å². The van der Waals surface area contributed by atoms with Crippen LogP contribution in [0.4, 0.5) is 0 Å². The Labute approximate surface area is 67.7 Å². The van der Waals surface area contributed by atoms with Crippen molar-refractivity contribution in [3.05, 3.63) is 0 Å². The minimum atomic E-state index is -0.523. The standard InChI is InChI=1S/C8H17NO2/c1-9-7-8(10)3-2-5-11-6-4-8/h9-10H,2-7H2,1H3. The van der Waals surface area contributed by atoms with E-state index in [2.05, 4.69) is 5.32 Å². The number of hydrogen-bond donors (Lipinski definition) is 2. The van der Waals surface area contributed by atoms with E-state index in [1.165, 1.54) is 0 Å². The van der Waals surface area contributed by atoms with Crippen LogP contribution in [0.15, 0.2) is 0 Å².